The molecular weight excluding hydrogens is 296 g/mol. The van der Waals surface area contributed by atoms with Crippen LogP contribution in [-0.2, 0) is 12.8 Å². The first-order valence-corrected chi connectivity index (χ1v) is 7.35. The number of benzene rings is 1. The first-order valence-electron chi connectivity index (χ1n) is 5.74. The molecule has 4 heteroatoms. The molecular formula is C13H15BrN2S. The zero-order valence-electron chi connectivity index (χ0n) is 9.96. The Morgan fingerprint density at radius 1 is 1.18 bits per heavy atom. The average Bonchev–Trinajstić information content (AvgIpc) is 2.74. The highest BCUT2D eigenvalue weighted by molar-refractivity contribution is 9.10. The second-order valence-electron chi connectivity index (χ2n) is 3.74. The van der Waals surface area contributed by atoms with E-state index in [1.807, 2.05) is 0 Å². The van der Waals surface area contributed by atoms with Crippen LogP contribution < -0.4 is 0 Å². The number of aromatic amines is 1. The fourth-order valence-electron chi connectivity index (χ4n) is 1.63. The van der Waals surface area contributed by atoms with Gasteiger partial charge in [0.25, 0.3) is 0 Å². The van der Waals surface area contributed by atoms with Crippen LogP contribution in [0.25, 0.3) is 0 Å². The molecule has 0 aliphatic rings. The second kappa shape index (κ2) is 5.74. The first-order chi connectivity index (χ1) is 8.24. The maximum Gasteiger partial charge on any atom is 0.0761 e. The minimum Gasteiger partial charge on any atom is -0.281 e. The number of nitrogens with one attached hydrogen (secondary N) is 1. The third-order valence-electron chi connectivity index (χ3n) is 2.58. The lowest BCUT2D eigenvalue weighted by Gasteiger charge is -2.03. The van der Waals surface area contributed by atoms with Gasteiger partial charge in [0.2, 0.25) is 0 Å². The van der Waals surface area contributed by atoms with E-state index in [2.05, 4.69) is 64.2 Å². The number of halogens is 1. The van der Waals surface area contributed by atoms with Gasteiger partial charge in [-0.1, -0.05) is 41.5 Å². The molecule has 0 amide bonds. The molecule has 1 N–H and O–H groups in total. The summed E-state index contributed by atoms with van der Waals surface area (Å²) >= 11 is 5.24. The summed E-state index contributed by atoms with van der Waals surface area (Å²) < 4.78 is 1.11. The van der Waals surface area contributed by atoms with Crippen molar-refractivity contribution in [1.82, 2.24) is 10.2 Å². The fourth-order valence-corrected chi connectivity index (χ4v) is 3.02. The molecule has 1 aromatic heterocycles. The molecule has 0 radical (unpaired) electrons. The Bertz CT molecular complexity index is 469. The Morgan fingerprint density at radius 3 is 2.47 bits per heavy atom. The van der Waals surface area contributed by atoms with E-state index in [-0.39, 0.29) is 0 Å². The lowest BCUT2D eigenvalue weighted by molar-refractivity contribution is 0.936. The monoisotopic (exact) mass is 310 g/mol. The molecule has 1 aromatic carbocycles. The largest absolute Gasteiger partial charge is 0.281 e. The van der Waals surface area contributed by atoms with Gasteiger partial charge in [0.15, 0.2) is 0 Å². The van der Waals surface area contributed by atoms with Crippen LogP contribution in [0.4, 0.5) is 0 Å². The van der Waals surface area contributed by atoms with Gasteiger partial charge in [-0.2, -0.15) is 5.10 Å². The number of H-pyrrole nitrogens is 1. The first kappa shape index (κ1) is 12.7. The van der Waals surface area contributed by atoms with Crippen LogP contribution in [0.15, 0.2) is 38.5 Å². The van der Waals surface area contributed by atoms with Crippen LogP contribution in [0, 0.1) is 0 Å². The van der Waals surface area contributed by atoms with Gasteiger partial charge in [-0.05, 0) is 37.1 Å². The van der Waals surface area contributed by atoms with Gasteiger partial charge < -0.3 is 0 Å². The molecule has 90 valence electrons. The molecule has 0 fully saturated rings. The quantitative estimate of drug-likeness (QED) is 0.904. The van der Waals surface area contributed by atoms with Crippen LogP contribution >= 0.6 is 27.7 Å². The summed E-state index contributed by atoms with van der Waals surface area (Å²) in [5, 5.41) is 7.49. The summed E-state index contributed by atoms with van der Waals surface area (Å²) in [6, 6.07) is 8.39. The predicted octanol–water partition coefficient (Wildman–Crippen LogP) is 4.45. The van der Waals surface area contributed by atoms with Crippen LogP contribution in [0.5, 0.6) is 0 Å². The summed E-state index contributed by atoms with van der Waals surface area (Å²) in [5.41, 5.74) is 2.39. The molecule has 0 unspecified atom stereocenters. The van der Waals surface area contributed by atoms with Crippen molar-refractivity contribution in [3.8, 4) is 0 Å². The third kappa shape index (κ3) is 2.93. The molecule has 0 saturated carbocycles. The van der Waals surface area contributed by atoms with Gasteiger partial charge in [-0.3, -0.25) is 5.10 Å². The maximum atomic E-state index is 4.36. The number of aryl methyl sites for hydroxylation is 2. The lowest BCUT2D eigenvalue weighted by atomic mass is 10.3. The standard InChI is InChI=1S/C13H15BrN2S/c1-3-11-13(12(4-2)16-15-11)17-10-7-5-9(14)6-8-10/h5-8H,3-4H2,1-2H3,(H,15,16). The zero-order chi connectivity index (χ0) is 12.3. The van der Waals surface area contributed by atoms with Crippen LogP contribution in [0.1, 0.15) is 25.2 Å². The number of hydrogen-bond acceptors (Lipinski definition) is 2. The topological polar surface area (TPSA) is 28.7 Å². The Balaban J connectivity index is 2.28. The van der Waals surface area contributed by atoms with E-state index in [0.717, 1.165) is 23.0 Å². The van der Waals surface area contributed by atoms with Crippen LogP contribution in [-0.4, -0.2) is 10.2 Å². The Kier molecular flexibility index (Phi) is 4.29. The molecule has 2 nitrogen and oxygen atoms in total. The van der Waals surface area contributed by atoms with Crippen LogP contribution in [0.2, 0.25) is 0 Å². The van der Waals surface area contributed by atoms with E-state index >= 15 is 0 Å². The van der Waals surface area contributed by atoms with Crippen LogP contribution in [0.3, 0.4) is 0 Å². The molecule has 17 heavy (non-hydrogen) atoms. The molecule has 2 aromatic rings. The number of rotatable bonds is 4. The Hall–Kier alpha value is -0.740. The maximum absolute atomic E-state index is 4.36. The SMILES string of the molecule is CCc1n[nH]c(CC)c1Sc1ccc(Br)cc1. The molecule has 2 rings (SSSR count). The number of hydrogen-bond donors (Lipinski definition) is 1. The van der Waals surface area contributed by atoms with Crippen molar-refractivity contribution >= 4 is 27.7 Å². The van der Waals surface area contributed by atoms with Crippen molar-refractivity contribution < 1.29 is 0 Å². The minimum absolute atomic E-state index is 0.968. The third-order valence-corrected chi connectivity index (χ3v) is 4.31. The van der Waals surface area contributed by atoms with Crippen molar-refractivity contribution in [1.29, 1.82) is 0 Å². The van der Waals surface area contributed by atoms with E-state index in [1.165, 1.54) is 15.5 Å². The Morgan fingerprint density at radius 2 is 1.88 bits per heavy atom. The highest BCUT2D eigenvalue weighted by Gasteiger charge is 2.11. The van der Waals surface area contributed by atoms with E-state index < -0.39 is 0 Å². The smallest absolute Gasteiger partial charge is 0.0761 e. The van der Waals surface area contributed by atoms with E-state index in [1.54, 1.807) is 11.8 Å². The number of aromatic nitrogens is 2. The molecule has 0 aliphatic carbocycles. The highest BCUT2D eigenvalue weighted by atomic mass is 79.9. The van der Waals surface area contributed by atoms with E-state index in [4.69, 9.17) is 0 Å². The summed E-state index contributed by atoms with van der Waals surface area (Å²) in [5.74, 6) is 0. The average molecular weight is 311 g/mol. The van der Waals surface area contributed by atoms with Crippen molar-refractivity contribution in [2.45, 2.75) is 36.5 Å². The molecule has 0 aliphatic heterocycles. The summed E-state index contributed by atoms with van der Waals surface area (Å²) in [4.78, 5) is 2.54. The number of nitrogens with zero attached hydrogens (tertiary/aromatic N) is 1. The summed E-state index contributed by atoms with van der Waals surface area (Å²) in [7, 11) is 0. The fraction of sp³-hybridized carbons (Fsp3) is 0.308. The minimum atomic E-state index is 0.968. The highest BCUT2D eigenvalue weighted by Crippen LogP contribution is 2.33. The Labute approximate surface area is 114 Å². The summed E-state index contributed by atoms with van der Waals surface area (Å²) in [6.45, 7) is 4.29. The van der Waals surface area contributed by atoms with Gasteiger partial charge in [-0.15, -0.1) is 0 Å². The summed E-state index contributed by atoms with van der Waals surface area (Å²) in [6.07, 6.45) is 1.96. The van der Waals surface area contributed by atoms with Gasteiger partial charge in [-0.25, -0.2) is 0 Å². The normalized spacial score (nSPS) is 10.8. The molecule has 0 spiro atoms. The molecule has 0 bridgehead atoms. The van der Waals surface area contributed by atoms with E-state index in [9.17, 15) is 0 Å². The van der Waals surface area contributed by atoms with E-state index in [0.29, 0.717) is 0 Å². The van der Waals surface area contributed by atoms with Crippen molar-refractivity contribution in [2.75, 3.05) is 0 Å². The second-order valence-corrected chi connectivity index (χ2v) is 5.74. The van der Waals surface area contributed by atoms with Gasteiger partial charge in [0.1, 0.15) is 0 Å². The molecule has 0 saturated heterocycles. The van der Waals surface area contributed by atoms with Gasteiger partial charge in [0, 0.05) is 15.1 Å². The molecule has 1 heterocycles. The zero-order valence-corrected chi connectivity index (χ0v) is 12.4. The predicted molar refractivity (Wildman–Crippen MR) is 75.6 cm³/mol. The van der Waals surface area contributed by atoms with Gasteiger partial charge >= 0.3 is 0 Å². The van der Waals surface area contributed by atoms with Crippen molar-refractivity contribution in [3.05, 3.63) is 40.1 Å². The van der Waals surface area contributed by atoms with Crippen molar-refractivity contribution in [2.24, 2.45) is 0 Å². The lowest BCUT2D eigenvalue weighted by Crippen LogP contribution is -1.85. The van der Waals surface area contributed by atoms with Gasteiger partial charge in [0.05, 0.1) is 10.6 Å². The molecule has 0 atom stereocenters. The van der Waals surface area contributed by atoms with Crippen molar-refractivity contribution in [3.63, 3.8) is 0 Å².